The highest BCUT2D eigenvalue weighted by atomic mass is 35.5. The third-order valence-electron chi connectivity index (χ3n) is 2.00. The molecule has 0 saturated carbocycles. The van der Waals surface area contributed by atoms with Crippen molar-refractivity contribution in [1.29, 1.82) is 0 Å². The van der Waals surface area contributed by atoms with Crippen molar-refractivity contribution >= 4 is 23.2 Å². The topological polar surface area (TPSA) is 22.1 Å². The first-order chi connectivity index (χ1) is 7.75. The van der Waals surface area contributed by atoms with Crippen LogP contribution < -0.4 is 4.74 Å². The lowest BCUT2D eigenvalue weighted by Crippen LogP contribution is -1.97. The molecule has 0 spiro atoms. The van der Waals surface area contributed by atoms with Crippen LogP contribution in [-0.4, -0.2) is 4.98 Å². The molecule has 2 nitrogen and oxygen atoms in total. The van der Waals surface area contributed by atoms with Crippen LogP contribution in [0.4, 0.5) is 0 Å². The Morgan fingerprint density at radius 2 is 1.94 bits per heavy atom. The van der Waals surface area contributed by atoms with Gasteiger partial charge in [-0.25, -0.2) is 0 Å². The predicted molar refractivity (Wildman–Crippen MR) is 65.0 cm³/mol. The molecule has 0 saturated heterocycles. The van der Waals surface area contributed by atoms with Crippen molar-refractivity contribution in [2.45, 2.75) is 6.61 Å². The lowest BCUT2D eigenvalue weighted by Gasteiger charge is -2.06. The molecule has 0 bridgehead atoms. The predicted octanol–water partition coefficient (Wildman–Crippen LogP) is 3.97. The molecule has 0 radical (unpaired) electrons. The average molecular weight is 254 g/mol. The monoisotopic (exact) mass is 253 g/mol. The van der Waals surface area contributed by atoms with E-state index in [0.29, 0.717) is 22.4 Å². The van der Waals surface area contributed by atoms with Gasteiger partial charge in [-0.1, -0.05) is 29.3 Å². The standard InChI is InChI=1S/C12H9Cl2NO/c13-11-5-4-10(7-12(11)14)16-8-9-3-1-2-6-15-9/h1-7H,8H2. The van der Waals surface area contributed by atoms with Gasteiger partial charge in [0.15, 0.2) is 0 Å². The summed E-state index contributed by atoms with van der Waals surface area (Å²) in [5.41, 5.74) is 0.869. The van der Waals surface area contributed by atoms with Crippen LogP contribution in [0.1, 0.15) is 5.69 Å². The Morgan fingerprint density at radius 3 is 2.62 bits per heavy atom. The fourth-order valence-electron chi connectivity index (χ4n) is 1.21. The van der Waals surface area contributed by atoms with Crippen molar-refractivity contribution in [2.75, 3.05) is 0 Å². The van der Waals surface area contributed by atoms with Gasteiger partial charge in [-0.15, -0.1) is 0 Å². The molecule has 2 rings (SSSR count). The molecule has 1 aromatic heterocycles. The first-order valence-electron chi connectivity index (χ1n) is 4.73. The van der Waals surface area contributed by atoms with E-state index in [9.17, 15) is 0 Å². The number of benzene rings is 1. The molecule has 4 heteroatoms. The Balaban J connectivity index is 2.03. The van der Waals surface area contributed by atoms with Crippen molar-refractivity contribution in [1.82, 2.24) is 4.98 Å². The number of hydrogen-bond acceptors (Lipinski definition) is 2. The summed E-state index contributed by atoms with van der Waals surface area (Å²) >= 11 is 11.7. The van der Waals surface area contributed by atoms with E-state index in [1.54, 1.807) is 24.4 Å². The highest BCUT2D eigenvalue weighted by Gasteiger charge is 2.00. The number of rotatable bonds is 3. The normalized spacial score (nSPS) is 10.1. The minimum atomic E-state index is 0.415. The van der Waals surface area contributed by atoms with Crippen molar-refractivity contribution in [3.05, 3.63) is 58.3 Å². The molecule has 0 fully saturated rings. The maximum Gasteiger partial charge on any atom is 0.130 e. The minimum Gasteiger partial charge on any atom is -0.487 e. The summed E-state index contributed by atoms with van der Waals surface area (Å²) in [7, 11) is 0. The van der Waals surface area contributed by atoms with Gasteiger partial charge in [0, 0.05) is 12.3 Å². The molecule has 0 atom stereocenters. The summed E-state index contributed by atoms with van der Waals surface area (Å²) in [4.78, 5) is 4.15. The molecule has 0 aliphatic carbocycles. The Morgan fingerprint density at radius 1 is 1.06 bits per heavy atom. The first kappa shape index (κ1) is 11.2. The molecule has 1 heterocycles. The number of pyridine rings is 1. The summed E-state index contributed by atoms with van der Waals surface area (Å²) in [6.45, 7) is 0.415. The summed E-state index contributed by atoms with van der Waals surface area (Å²) < 4.78 is 5.52. The molecule has 0 amide bonds. The van der Waals surface area contributed by atoms with E-state index >= 15 is 0 Å². The molecular formula is C12H9Cl2NO. The van der Waals surface area contributed by atoms with Crippen LogP contribution in [-0.2, 0) is 6.61 Å². The van der Waals surface area contributed by atoms with Gasteiger partial charge < -0.3 is 4.74 Å². The lowest BCUT2D eigenvalue weighted by molar-refractivity contribution is 0.301. The summed E-state index contributed by atoms with van der Waals surface area (Å²) in [6.07, 6.45) is 1.73. The fraction of sp³-hybridized carbons (Fsp3) is 0.0833. The Hall–Kier alpha value is -1.25. The molecule has 0 aliphatic heterocycles. The molecule has 0 aliphatic rings. The molecule has 2 aromatic rings. The smallest absolute Gasteiger partial charge is 0.130 e. The first-order valence-corrected chi connectivity index (χ1v) is 5.49. The van der Waals surface area contributed by atoms with Crippen molar-refractivity contribution in [3.63, 3.8) is 0 Å². The molecule has 1 aromatic carbocycles. The lowest BCUT2D eigenvalue weighted by atomic mass is 10.3. The van der Waals surface area contributed by atoms with Crippen LogP contribution in [0.5, 0.6) is 5.75 Å². The number of nitrogens with zero attached hydrogens (tertiary/aromatic N) is 1. The van der Waals surface area contributed by atoms with E-state index < -0.39 is 0 Å². The number of hydrogen-bond donors (Lipinski definition) is 0. The van der Waals surface area contributed by atoms with Gasteiger partial charge >= 0.3 is 0 Å². The van der Waals surface area contributed by atoms with Crippen LogP contribution in [0.3, 0.4) is 0 Å². The maximum absolute atomic E-state index is 5.87. The second-order valence-corrected chi connectivity index (χ2v) is 4.00. The van der Waals surface area contributed by atoms with E-state index in [0.717, 1.165) is 5.69 Å². The third kappa shape index (κ3) is 2.87. The highest BCUT2D eigenvalue weighted by molar-refractivity contribution is 6.42. The van der Waals surface area contributed by atoms with Crippen LogP contribution in [0.15, 0.2) is 42.6 Å². The number of aromatic nitrogens is 1. The van der Waals surface area contributed by atoms with E-state index in [1.165, 1.54) is 0 Å². The number of ether oxygens (including phenoxy) is 1. The Kier molecular flexibility index (Phi) is 3.65. The molecule has 16 heavy (non-hydrogen) atoms. The average Bonchev–Trinajstić information content (AvgIpc) is 2.32. The van der Waals surface area contributed by atoms with E-state index in [-0.39, 0.29) is 0 Å². The molecule has 0 N–H and O–H groups in total. The Labute approximate surface area is 104 Å². The van der Waals surface area contributed by atoms with Crippen molar-refractivity contribution in [3.8, 4) is 5.75 Å². The second-order valence-electron chi connectivity index (χ2n) is 3.19. The quantitative estimate of drug-likeness (QED) is 0.826. The largest absolute Gasteiger partial charge is 0.487 e. The van der Waals surface area contributed by atoms with Gasteiger partial charge in [-0.3, -0.25) is 4.98 Å². The summed E-state index contributed by atoms with van der Waals surface area (Å²) in [5.74, 6) is 0.681. The van der Waals surface area contributed by atoms with E-state index in [1.807, 2.05) is 18.2 Å². The van der Waals surface area contributed by atoms with Crippen LogP contribution in [0.2, 0.25) is 10.0 Å². The van der Waals surface area contributed by atoms with Crippen molar-refractivity contribution in [2.24, 2.45) is 0 Å². The highest BCUT2D eigenvalue weighted by Crippen LogP contribution is 2.26. The minimum absolute atomic E-state index is 0.415. The van der Waals surface area contributed by atoms with Gasteiger partial charge in [0.1, 0.15) is 12.4 Å². The second kappa shape index (κ2) is 5.19. The van der Waals surface area contributed by atoms with Gasteiger partial charge in [0.2, 0.25) is 0 Å². The van der Waals surface area contributed by atoms with Crippen LogP contribution >= 0.6 is 23.2 Å². The van der Waals surface area contributed by atoms with Gasteiger partial charge in [0.05, 0.1) is 15.7 Å². The number of halogens is 2. The zero-order valence-electron chi connectivity index (χ0n) is 8.36. The van der Waals surface area contributed by atoms with Gasteiger partial charge in [-0.2, -0.15) is 0 Å². The molecular weight excluding hydrogens is 245 g/mol. The van der Waals surface area contributed by atoms with Crippen LogP contribution in [0.25, 0.3) is 0 Å². The third-order valence-corrected chi connectivity index (χ3v) is 2.74. The van der Waals surface area contributed by atoms with Crippen molar-refractivity contribution < 1.29 is 4.74 Å². The zero-order valence-corrected chi connectivity index (χ0v) is 9.87. The fourth-order valence-corrected chi connectivity index (χ4v) is 1.50. The zero-order chi connectivity index (χ0) is 11.4. The summed E-state index contributed by atoms with van der Waals surface area (Å²) in [5, 5.41) is 1.01. The van der Waals surface area contributed by atoms with Crippen LogP contribution in [0, 0.1) is 0 Å². The Bertz CT molecular complexity index is 474. The van der Waals surface area contributed by atoms with Gasteiger partial charge in [-0.05, 0) is 24.3 Å². The van der Waals surface area contributed by atoms with E-state index in [2.05, 4.69) is 4.98 Å². The summed E-state index contributed by atoms with van der Waals surface area (Å²) in [6, 6.07) is 10.8. The molecule has 0 unspecified atom stereocenters. The SMILES string of the molecule is Clc1ccc(OCc2ccccn2)cc1Cl. The van der Waals surface area contributed by atoms with E-state index in [4.69, 9.17) is 27.9 Å². The van der Waals surface area contributed by atoms with Gasteiger partial charge in [0.25, 0.3) is 0 Å². The molecule has 82 valence electrons. The maximum atomic E-state index is 5.87.